The minimum Gasteiger partial charge on any atom is -0.481 e. The molecule has 1 amide bonds. The number of piperidine rings is 1. The number of rotatable bonds is 5. The van der Waals surface area contributed by atoms with Gasteiger partial charge >= 0.3 is 5.97 Å². The maximum absolute atomic E-state index is 12.8. The van der Waals surface area contributed by atoms with E-state index >= 15 is 0 Å². The fourth-order valence-corrected chi connectivity index (χ4v) is 3.66. The Morgan fingerprint density at radius 2 is 1.76 bits per heavy atom. The summed E-state index contributed by atoms with van der Waals surface area (Å²) in [4.78, 5) is 26.3. The summed E-state index contributed by atoms with van der Waals surface area (Å²) in [6, 6.07) is 9.45. The molecule has 1 N–H and O–H groups in total. The first-order chi connectivity index (χ1) is 12.0. The van der Waals surface area contributed by atoms with E-state index < -0.39 is 23.6 Å². The van der Waals surface area contributed by atoms with Crippen LogP contribution >= 0.6 is 0 Å². The van der Waals surface area contributed by atoms with Crippen molar-refractivity contribution in [2.24, 2.45) is 11.8 Å². The molecule has 6 nitrogen and oxygen atoms in total. The quantitative estimate of drug-likeness (QED) is 0.881. The topological polar surface area (TPSA) is 76.1 Å². The van der Waals surface area contributed by atoms with Crippen molar-refractivity contribution in [2.45, 2.75) is 32.0 Å². The van der Waals surface area contributed by atoms with Crippen LogP contribution in [0.15, 0.2) is 30.3 Å². The largest absolute Gasteiger partial charge is 0.481 e. The number of likely N-dealkylation sites (tertiary alicyclic amines) is 1. The molecular formula is C19H25NO5. The molecular weight excluding hydrogens is 322 g/mol. The number of aliphatic carboxylic acids is 1. The Morgan fingerprint density at radius 3 is 2.32 bits per heavy atom. The maximum Gasteiger partial charge on any atom is 0.307 e. The van der Waals surface area contributed by atoms with E-state index in [-0.39, 0.29) is 5.91 Å². The highest BCUT2D eigenvalue weighted by molar-refractivity contribution is 5.84. The van der Waals surface area contributed by atoms with Crippen molar-refractivity contribution in [1.29, 1.82) is 0 Å². The zero-order chi connectivity index (χ0) is 17.9. The predicted molar refractivity (Wildman–Crippen MR) is 90.9 cm³/mol. The number of carboxylic acids is 1. The number of hydrogen-bond donors (Lipinski definition) is 1. The number of benzene rings is 1. The number of ether oxygens (including phenoxy) is 2. The van der Waals surface area contributed by atoms with E-state index in [1.165, 1.54) is 0 Å². The van der Waals surface area contributed by atoms with Gasteiger partial charge in [-0.3, -0.25) is 9.59 Å². The van der Waals surface area contributed by atoms with Gasteiger partial charge in [0, 0.05) is 31.8 Å². The van der Waals surface area contributed by atoms with Crippen LogP contribution in [0.1, 0.15) is 25.3 Å². The first-order valence-corrected chi connectivity index (χ1v) is 8.84. The van der Waals surface area contributed by atoms with Gasteiger partial charge in [-0.05, 0) is 12.0 Å². The molecule has 25 heavy (non-hydrogen) atoms. The Balaban J connectivity index is 1.62. The molecule has 1 spiro atoms. The predicted octanol–water partition coefficient (Wildman–Crippen LogP) is 1.93. The molecule has 2 atom stereocenters. The lowest BCUT2D eigenvalue weighted by atomic mass is 9.86. The van der Waals surface area contributed by atoms with Gasteiger partial charge in [0.25, 0.3) is 0 Å². The molecule has 3 rings (SSSR count). The minimum atomic E-state index is -0.930. The summed E-state index contributed by atoms with van der Waals surface area (Å²) >= 11 is 0. The van der Waals surface area contributed by atoms with Crippen molar-refractivity contribution in [2.75, 3.05) is 26.3 Å². The second kappa shape index (κ2) is 7.54. The van der Waals surface area contributed by atoms with Crippen molar-refractivity contribution in [3.8, 4) is 0 Å². The average molecular weight is 347 g/mol. The Kier molecular flexibility index (Phi) is 5.39. The highest BCUT2D eigenvalue weighted by atomic mass is 16.7. The molecule has 0 aromatic heterocycles. The van der Waals surface area contributed by atoms with E-state index in [1.807, 2.05) is 30.3 Å². The number of hydrogen-bond acceptors (Lipinski definition) is 4. The lowest BCUT2D eigenvalue weighted by molar-refractivity contribution is -0.189. The normalized spacial score (nSPS) is 21.9. The van der Waals surface area contributed by atoms with E-state index in [0.717, 1.165) is 5.56 Å². The Hall–Kier alpha value is -1.92. The molecule has 0 radical (unpaired) electrons. The molecule has 2 fully saturated rings. The number of carbonyl (C=O) groups is 2. The van der Waals surface area contributed by atoms with Crippen LogP contribution in [-0.2, 0) is 25.5 Å². The van der Waals surface area contributed by atoms with Crippen LogP contribution in [0.3, 0.4) is 0 Å². The summed E-state index contributed by atoms with van der Waals surface area (Å²) in [5, 5.41) is 9.61. The highest BCUT2D eigenvalue weighted by Gasteiger charge is 2.42. The molecule has 2 aliphatic heterocycles. The average Bonchev–Trinajstić information content (AvgIpc) is 3.08. The Bertz CT molecular complexity index is 602. The summed E-state index contributed by atoms with van der Waals surface area (Å²) in [6.45, 7) is 4.00. The van der Waals surface area contributed by atoms with E-state index in [1.54, 1.807) is 11.8 Å². The summed E-state index contributed by atoms with van der Waals surface area (Å²) in [5.41, 5.74) is 0.930. The number of carboxylic acid groups (broad SMARTS) is 1. The minimum absolute atomic E-state index is 0.101. The molecule has 0 bridgehead atoms. The summed E-state index contributed by atoms with van der Waals surface area (Å²) in [6.07, 6.45) is 1.64. The SMILES string of the molecule is CC(C(=O)N1CCC2(CC1)OCCO2)C(Cc1ccccc1)C(=O)O. The highest BCUT2D eigenvalue weighted by Crippen LogP contribution is 2.32. The molecule has 0 aliphatic carbocycles. The maximum atomic E-state index is 12.8. The van der Waals surface area contributed by atoms with Crippen LogP contribution in [-0.4, -0.2) is 54.0 Å². The van der Waals surface area contributed by atoms with Gasteiger partial charge in [-0.1, -0.05) is 37.3 Å². The van der Waals surface area contributed by atoms with Crippen molar-refractivity contribution in [3.63, 3.8) is 0 Å². The molecule has 2 heterocycles. The standard InChI is InChI=1S/C19H25NO5/c1-14(16(18(22)23)13-15-5-3-2-4-6-15)17(21)20-9-7-19(8-10-20)24-11-12-25-19/h2-6,14,16H,7-13H2,1H3,(H,22,23). The van der Waals surface area contributed by atoms with Crippen LogP contribution in [0.2, 0.25) is 0 Å². The van der Waals surface area contributed by atoms with Crippen molar-refractivity contribution in [1.82, 2.24) is 4.90 Å². The van der Waals surface area contributed by atoms with Gasteiger partial charge in [0.05, 0.1) is 19.1 Å². The molecule has 1 aromatic rings. The molecule has 2 aliphatic rings. The van der Waals surface area contributed by atoms with Gasteiger partial charge < -0.3 is 19.5 Å². The molecule has 2 unspecified atom stereocenters. The fourth-order valence-electron chi connectivity index (χ4n) is 3.66. The van der Waals surface area contributed by atoms with Crippen LogP contribution in [0.5, 0.6) is 0 Å². The number of amides is 1. The van der Waals surface area contributed by atoms with Gasteiger partial charge in [-0.2, -0.15) is 0 Å². The molecule has 1 aromatic carbocycles. The van der Waals surface area contributed by atoms with E-state index in [9.17, 15) is 14.7 Å². The van der Waals surface area contributed by atoms with Gasteiger partial charge in [-0.15, -0.1) is 0 Å². The molecule has 0 saturated carbocycles. The number of nitrogens with zero attached hydrogens (tertiary/aromatic N) is 1. The van der Waals surface area contributed by atoms with Crippen molar-refractivity contribution in [3.05, 3.63) is 35.9 Å². The zero-order valence-corrected chi connectivity index (χ0v) is 14.5. The lowest BCUT2D eigenvalue weighted by Crippen LogP contribution is -2.50. The Morgan fingerprint density at radius 1 is 1.16 bits per heavy atom. The van der Waals surface area contributed by atoms with E-state index in [2.05, 4.69) is 0 Å². The van der Waals surface area contributed by atoms with E-state index in [0.29, 0.717) is 45.6 Å². The Labute approximate surface area is 147 Å². The van der Waals surface area contributed by atoms with Crippen molar-refractivity contribution >= 4 is 11.9 Å². The molecule has 2 saturated heterocycles. The second-order valence-electron chi connectivity index (χ2n) is 6.86. The van der Waals surface area contributed by atoms with Gasteiger partial charge in [0.1, 0.15) is 0 Å². The first kappa shape index (κ1) is 17.9. The fraction of sp³-hybridized carbons (Fsp3) is 0.579. The zero-order valence-electron chi connectivity index (χ0n) is 14.5. The smallest absolute Gasteiger partial charge is 0.307 e. The summed E-state index contributed by atoms with van der Waals surface area (Å²) in [5.74, 6) is -2.87. The van der Waals surface area contributed by atoms with Crippen LogP contribution in [0, 0.1) is 11.8 Å². The van der Waals surface area contributed by atoms with Gasteiger partial charge in [-0.25, -0.2) is 0 Å². The monoisotopic (exact) mass is 347 g/mol. The molecule has 136 valence electrons. The lowest BCUT2D eigenvalue weighted by Gasteiger charge is -2.39. The number of carbonyl (C=O) groups excluding carboxylic acids is 1. The van der Waals surface area contributed by atoms with Gasteiger partial charge in [0.2, 0.25) is 5.91 Å². The first-order valence-electron chi connectivity index (χ1n) is 8.84. The van der Waals surface area contributed by atoms with Crippen molar-refractivity contribution < 1.29 is 24.2 Å². The van der Waals surface area contributed by atoms with Crippen LogP contribution < -0.4 is 0 Å². The molecule has 6 heteroatoms. The van der Waals surface area contributed by atoms with Crippen LogP contribution in [0.25, 0.3) is 0 Å². The third-order valence-corrected chi connectivity index (χ3v) is 5.26. The summed E-state index contributed by atoms with van der Waals surface area (Å²) < 4.78 is 11.4. The third kappa shape index (κ3) is 4.02. The van der Waals surface area contributed by atoms with Crippen LogP contribution in [0.4, 0.5) is 0 Å². The summed E-state index contributed by atoms with van der Waals surface area (Å²) in [7, 11) is 0. The third-order valence-electron chi connectivity index (χ3n) is 5.26. The second-order valence-corrected chi connectivity index (χ2v) is 6.86. The van der Waals surface area contributed by atoms with Gasteiger partial charge in [0.15, 0.2) is 5.79 Å². The van der Waals surface area contributed by atoms with E-state index in [4.69, 9.17) is 9.47 Å².